The molecule has 3 heterocycles. The number of carbonyl (C=O) groups excluding carboxylic acids is 2. The van der Waals surface area contributed by atoms with Crippen molar-refractivity contribution in [3.05, 3.63) is 88.3 Å². The highest BCUT2D eigenvalue weighted by molar-refractivity contribution is 6.30. The number of nitrogens with one attached hydrogen (secondary N) is 1. The second kappa shape index (κ2) is 11.4. The van der Waals surface area contributed by atoms with Gasteiger partial charge in [-0.25, -0.2) is 14.2 Å². The molecule has 2 atom stereocenters. The van der Waals surface area contributed by atoms with Crippen LogP contribution in [0, 0.1) is 11.7 Å². The maximum Gasteiger partial charge on any atom is 0.415 e. The number of piperidine rings is 1. The first kappa shape index (κ1) is 28.3. The van der Waals surface area contributed by atoms with Crippen LogP contribution < -0.4 is 15.0 Å². The van der Waals surface area contributed by atoms with E-state index >= 15 is 0 Å². The van der Waals surface area contributed by atoms with Crippen LogP contribution in [0.25, 0.3) is 0 Å². The van der Waals surface area contributed by atoms with Crippen molar-refractivity contribution in [1.29, 1.82) is 0 Å². The smallest absolute Gasteiger partial charge is 0.410 e. The second-order valence-electron chi connectivity index (χ2n) is 10.6. The fourth-order valence-electron chi connectivity index (χ4n) is 6.10. The van der Waals surface area contributed by atoms with Crippen LogP contribution in [0.5, 0.6) is 5.75 Å². The first-order chi connectivity index (χ1) is 19.1. The monoisotopic (exact) mass is 584 g/mol. The summed E-state index contributed by atoms with van der Waals surface area (Å²) in [5, 5.41) is 4.55. The highest BCUT2D eigenvalue weighted by atomic mass is 35.5. The van der Waals surface area contributed by atoms with Gasteiger partial charge in [-0.05, 0) is 66.9 Å². The molecule has 2 saturated heterocycles. The zero-order chi connectivity index (χ0) is 28.5. The van der Waals surface area contributed by atoms with Crippen molar-refractivity contribution in [3.63, 3.8) is 0 Å². The lowest BCUT2D eigenvalue weighted by molar-refractivity contribution is -0.136. The molecule has 2 fully saturated rings. The van der Waals surface area contributed by atoms with E-state index < -0.39 is 22.9 Å². The number of aromatic nitrogens is 1. The van der Waals surface area contributed by atoms with E-state index in [0.717, 1.165) is 11.4 Å². The number of anilines is 1. The van der Waals surface area contributed by atoms with Gasteiger partial charge in [0.15, 0.2) is 5.78 Å². The molecule has 0 spiro atoms. The van der Waals surface area contributed by atoms with Crippen LogP contribution in [-0.2, 0) is 10.2 Å². The number of hydrogen-bond acceptors (Lipinski definition) is 6. The molecule has 1 aromatic heterocycles. The van der Waals surface area contributed by atoms with Gasteiger partial charge in [-0.2, -0.15) is 0 Å². The molecule has 210 valence electrons. The summed E-state index contributed by atoms with van der Waals surface area (Å²) in [5.74, 6) is 0.283. The predicted molar refractivity (Wildman–Crippen MR) is 154 cm³/mol. The average Bonchev–Trinajstić information content (AvgIpc) is 3.32. The van der Waals surface area contributed by atoms with E-state index in [1.807, 2.05) is 25.1 Å². The van der Waals surface area contributed by atoms with E-state index in [4.69, 9.17) is 27.9 Å². The van der Waals surface area contributed by atoms with Gasteiger partial charge in [0, 0.05) is 55.8 Å². The average molecular weight is 586 g/mol. The number of carbonyl (C=O) groups is 2. The van der Waals surface area contributed by atoms with E-state index in [2.05, 4.69) is 15.2 Å². The normalized spacial score (nSPS) is 23.2. The highest BCUT2D eigenvalue weighted by Crippen LogP contribution is 2.46. The summed E-state index contributed by atoms with van der Waals surface area (Å²) in [6, 6.07) is 16.3. The molecule has 10 heteroatoms. The standard InChI is InChI=1S/C30H31Cl2FN4O3/c1-29(21-3-5-22(31)6-4-21)18-34-19-30(29,36(2)28(39)40-25-10-8-24(33)9-11-25)27(38)20-13-15-37(16-14-20)26-12-7-23(32)17-35-26/h3-12,17,20,34H,13-16,18-19H2,1-2H3/t29-,30-/m0/s1. The molecule has 2 aliphatic heterocycles. The number of Topliss-reactive ketones (excluding diaryl/α,β-unsaturated/α-hetero) is 1. The Balaban J connectivity index is 1.46. The third-order valence-electron chi connectivity index (χ3n) is 8.43. The van der Waals surface area contributed by atoms with Crippen LogP contribution in [-0.4, -0.2) is 60.5 Å². The lowest BCUT2D eigenvalue weighted by atomic mass is 9.63. The first-order valence-electron chi connectivity index (χ1n) is 13.2. The van der Waals surface area contributed by atoms with E-state index in [-0.39, 0.29) is 24.0 Å². The zero-order valence-corrected chi connectivity index (χ0v) is 23.9. The molecule has 3 aromatic rings. The number of likely N-dealkylation sites (N-methyl/N-ethyl adjacent to an activating group) is 1. The number of hydrogen-bond donors (Lipinski definition) is 1. The summed E-state index contributed by atoms with van der Waals surface area (Å²) in [5.41, 5.74) is -1.14. The number of pyridine rings is 1. The zero-order valence-electron chi connectivity index (χ0n) is 22.4. The van der Waals surface area contributed by atoms with Crippen molar-refractivity contribution in [1.82, 2.24) is 15.2 Å². The Hall–Kier alpha value is -3.20. The Bertz CT molecular complexity index is 1370. The molecule has 2 aliphatic rings. The SMILES string of the molecule is CN(C(=O)Oc1ccc(F)cc1)[C@]1(C(=O)C2CCN(c3ccc(Cl)cn3)CC2)CNC[C@@]1(C)c1ccc(Cl)cc1. The van der Waals surface area contributed by atoms with Crippen LogP contribution in [0.3, 0.4) is 0 Å². The molecule has 0 saturated carbocycles. The van der Waals surface area contributed by atoms with Gasteiger partial charge in [-0.1, -0.05) is 42.3 Å². The maximum absolute atomic E-state index is 14.7. The summed E-state index contributed by atoms with van der Waals surface area (Å²) in [6.07, 6.45) is 2.16. The van der Waals surface area contributed by atoms with Crippen LogP contribution in [0.15, 0.2) is 66.9 Å². The first-order valence-corrected chi connectivity index (χ1v) is 14.0. The number of amides is 1. The molecule has 0 radical (unpaired) electrons. The summed E-state index contributed by atoms with van der Waals surface area (Å²) >= 11 is 12.2. The van der Waals surface area contributed by atoms with Gasteiger partial charge in [0.25, 0.3) is 0 Å². The number of benzene rings is 2. The number of nitrogens with zero attached hydrogens (tertiary/aromatic N) is 3. The van der Waals surface area contributed by atoms with Crippen LogP contribution in [0.2, 0.25) is 10.0 Å². The summed E-state index contributed by atoms with van der Waals surface area (Å²) in [6.45, 7) is 4.04. The summed E-state index contributed by atoms with van der Waals surface area (Å²) < 4.78 is 19.1. The molecule has 0 bridgehead atoms. The Morgan fingerprint density at radius 2 is 1.65 bits per heavy atom. The van der Waals surface area contributed by atoms with E-state index in [1.54, 1.807) is 31.4 Å². The summed E-state index contributed by atoms with van der Waals surface area (Å²) in [7, 11) is 1.61. The van der Waals surface area contributed by atoms with Crippen LogP contribution in [0.1, 0.15) is 25.3 Å². The van der Waals surface area contributed by atoms with Crippen LogP contribution in [0.4, 0.5) is 15.0 Å². The largest absolute Gasteiger partial charge is 0.415 e. The van der Waals surface area contributed by atoms with Gasteiger partial charge in [0.2, 0.25) is 0 Å². The quantitative estimate of drug-likeness (QED) is 0.398. The molecule has 2 aromatic carbocycles. The van der Waals surface area contributed by atoms with Crippen molar-refractivity contribution in [3.8, 4) is 5.75 Å². The molecule has 1 N–H and O–H groups in total. The lowest BCUT2D eigenvalue weighted by Crippen LogP contribution is -2.68. The third kappa shape index (κ3) is 5.16. The summed E-state index contributed by atoms with van der Waals surface area (Å²) in [4.78, 5) is 36.3. The Kier molecular flexibility index (Phi) is 8.04. The minimum absolute atomic E-state index is 0.0165. The third-order valence-corrected chi connectivity index (χ3v) is 8.90. The van der Waals surface area contributed by atoms with Gasteiger partial charge in [-0.3, -0.25) is 9.69 Å². The minimum Gasteiger partial charge on any atom is -0.410 e. The van der Waals surface area contributed by atoms with Gasteiger partial charge in [0.1, 0.15) is 22.9 Å². The minimum atomic E-state index is -1.25. The van der Waals surface area contributed by atoms with Gasteiger partial charge >= 0.3 is 6.09 Å². The Morgan fingerprint density at radius 1 is 1.00 bits per heavy atom. The molecule has 7 nitrogen and oxygen atoms in total. The van der Waals surface area contributed by atoms with Gasteiger partial charge in [0.05, 0.1) is 5.02 Å². The van der Waals surface area contributed by atoms with Gasteiger partial charge in [-0.15, -0.1) is 0 Å². The predicted octanol–water partition coefficient (Wildman–Crippen LogP) is 5.74. The fourth-order valence-corrected chi connectivity index (χ4v) is 6.34. The van der Waals surface area contributed by atoms with Crippen LogP contribution >= 0.6 is 23.2 Å². The second-order valence-corrected chi connectivity index (χ2v) is 11.5. The Morgan fingerprint density at radius 3 is 2.27 bits per heavy atom. The number of rotatable bonds is 6. The molecule has 1 amide bonds. The maximum atomic E-state index is 14.7. The topological polar surface area (TPSA) is 74.8 Å². The molecule has 5 rings (SSSR count). The number of ether oxygens (including phenoxy) is 1. The molecule has 0 unspecified atom stereocenters. The fraction of sp³-hybridized carbons (Fsp3) is 0.367. The van der Waals surface area contributed by atoms with E-state index in [9.17, 15) is 14.0 Å². The molecular weight excluding hydrogens is 554 g/mol. The number of ketones is 1. The van der Waals surface area contributed by atoms with Crippen molar-refractivity contribution >= 4 is 40.9 Å². The molecule has 40 heavy (non-hydrogen) atoms. The van der Waals surface area contributed by atoms with Crippen molar-refractivity contribution in [2.75, 3.05) is 38.1 Å². The lowest BCUT2D eigenvalue weighted by Gasteiger charge is -2.49. The molecular formula is C30H31Cl2FN4O3. The van der Waals surface area contributed by atoms with Crippen molar-refractivity contribution < 1.29 is 18.7 Å². The number of halogens is 3. The van der Waals surface area contributed by atoms with E-state index in [0.29, 0.717) is 42.5 Å². The highest BCUT2D eigenvalue weighted by Gasteiger charge is 2.62. The van der Waals surface area contributed by atoms with Gasteiger partial charge < -0.3 is 15.0 Å². The molecule has 0 aliphatic carbocycles. The van der Waals surface area contributed by atoms with Crippen molar-refractivity contribution in [2.24, 2.45) is 5.92 Å². The van der Waals surface area contributed by atoms with E-state index in [1.165, 1.54) is 29.2 Å². The van der Waals surface area contributed by atoms with Crippen molar-refractivity contribution in [2.45, 2.75) is 30.7 Å². The Labute approximate surface area is 243 Å².